The molecule has 1 unspecified atom stereocenters. The summed E-state index contributed by atoms with van der Waals surface area (Å²) in [5.41, 5.74) is 1.87. The summed E-state index contributed by atoms with van der Waals surface area (Å²) in [4.78, 5) is 2.02. The maximum Gasteiger partial charge on any atom is 0.133 e. The van der Waals surface area contributed by atoms with Crippen LogP contribution in [0.4, 0.5) is 5.69 Å². The lowest BCUT2D eigenvalue weighted by Crippen LogP contribution is -2.08. The molecule has 0 saturated carbocycles. The van der Waals surface area contributed by atoms with Gasteiger partial charge < -0.3 is 14.7 Å². The van der Waals surface area contributed by atoms with E-state index in [1.807, 2.05) is 67.5 Å². The molecular weight excluding hydrogens is 238 g/mol. The van der Waals surface area contributed by atoms with Gasteiger partial charge in [-0.25, -0.2) is 0 Å². The van der Waals surface area contributed by atoms with Gasteiger partial charge in [0, 0.05) is 31.4 Å². The van der Waals surface area contributed by atoms with Crippen molar-refractivity contribution in [2.75, 3.05) is 19.0 Å². The highest BCUT2D eigenvalue weighted by Crippen LogP contribution is 2.30. The van der Waals surface area contributed by atoms with Crippen LogP contribution in [0.1, 0.15) is 18.6 Å². The zero-order valence-corrected chi connectivity index (χ0v) is 11.5. The number of hydrogen-bond donors (Lipinski definition) is 1. The summed E-state index contributed by atoms with van der Waals surface area (Å²) in [7, 11) is 3.98. The third-order valence-corrected chi connectivity index (χ3v) is 2.93. The van der Waals surface area contributed by atoms with Gasteiger partial charge in [0.05, 0.1) is 6.10 Å². The van der Waals surface area contributed by atoms with Crippen LogP contribution in [0.25, 0.3) is 0 Å². The Bertz CT molecular complexity index is 550. The van der Waals surface area contributed by atoms with Crippen LogP contribution in [0.3, 0.4) is 0 Å². The molecule has 3 nitrogen and oxygen atoms in total. The van der Waals surface area contributed by atoms with Gasteiger partial charge in [-0.15, -0.1) is 0 Å². The number of benzene rings is 2. The number of para-hydroxylation sites is 1. The summed E-state index contributed by atoms with van der Waals surface area (Å²) in [6.07, 6.45) is -0.548. The molecule has 0 aromatic heterocycles. The molecule has 0 aliphatic rings. The van der Waals surface area contributed by atoms with E-state index in [9.17, 15) is 5.11 Å². The van der Waals surface area contributed by atoms with Crippen LogP contribution in [-0.4, -0.2) is 19.2 Å². The van der Waals surface area contributed by atoms with Gasteiger partial charge in [-0.05, 0) is 25.1 Å². The zero-order valence-electron chi connectivity index (χ0n) is 11.5. The fourth-order valence-electron chi connectivity index (χ4n) is 1.87. The third-order valence-electron chi connectivity index (χ3n) is 2.93. The second-order valence-electron chi connectivity index (χ2n) is 4.71. The van der Waals surface area contributed by atoms with Gasteiger partial charge in [0.1, 0.15) is 11.5 Å². The number of hydrogen-bond acceptors (Lipinski definition) is 3. The van der Waals surface area contributed by atoms with E-state index in [2.05, 4.69) is 0 Å². The molecular formula is C16H19NO2. The van der Waals surface area contributed by atoms with Crippen LogP contribution in [0.5, 0.6) is 11.5 Å². The van der Waals surface area contributed by atoms with Crippen LogP contribution >= 0.6 is 0 Å². The van der Waals surface area contributed by atoms with Gasteiger partial charge in [0.15, 0.2) is 0 Å². The Morgan fingerprint density at radius 3 is 2.47 bits per heavy atom. The van der Waals surface area contributed by atoms with E-state index in [0.29, 0.717) is 5.75 Å². The SMILES string of the molecule is CC(O)c1ccccc1Oc1cccc(N(C)C)c1. The predicted octanol–water partition coefficient (Wildman–Crippen LogP) is 3.60. The van der Waals surface area contributed by atoms with Crippen molar-refractivity contribution in [3.05, 3.63) is 54.1 Å². The topological polar surface area (TPSA) is 32.7 Å². The van der Waals surface area contributed by atoms with Crippen LogP contribution < -0.4 is 9.64 Å². The molecule has 0 aliphatic carbocycles. The molecule has 0 bridgehead atoms. The Kier molecular flexibility index (Phi) is 4.07. The van der Waals surface area contributed by atoms with Crippen LogP contribution in [0, 0.1) is 0 Å². The molecule has 0 fully saturated rings. The van der Waals surface area contributed by atoms with Gasteiger partial charge in [-0.1, -0.05) is 24.3 Å². The average Bonchev–Trinajstić information content (AvgIpc) is 2.39. The molecule has 0 aliphatic heterocycles. The Labute approximate surface area is 114 Å². The van der Waals surface area contributed by atoms with Crippen molar-refractivity contribution in [2.45, 2.75) is 13.0 Å². The summed E-state index contributed by atoms with van der Waals surface area (Å²) in [6, 6.07) is 15.4. The Morgan fingerprint density at radius 1 is 1.05 bits per heavy atom. The van der Waals surface area contributed by atoms with E-state index in [-0.39, 0.29) is 0 Å². The maximum absolute atomic E-state index is 9.74. The molecule has 0 spiro atoms. The molecule has 0 heterocycles. The summed E-state index contributed by atoms with van der Waals surface area (Å²) in [5.74, 6) is 1.45. The number of aliphatic hydroxyl groups is 1. The number of rotatable bonds is 4. The largest absolute Gasteiger partial charge is 0.457 e. The van der Waals surface area contributed by atoms with Crippen molar-refractivity contribution in [3.63, 3.8) is 0 Å². The first-order valence-electron chi connectivity index (χ1n) is 6.30. The van der Waals surface area contributed by atoms with E-state index in [0.717, 1.165) is 17.0 Å². The van der Waals surface area contributed by atoms with E-state index < -0.39 is 6.10 Å². The highest BCUT2D eigenvalue weighted by Gasteiger charge is 2.09. The molecule has 19 heavy (non-hydrogen) atoms. The van der Waals surface area contributed by atoms with E-state index in [1.54, 1.807) is 6.92 Å². The molecule has 0 saturated heterocycles. The number of anilines is 1. The standard InChI is InChI=1S/C16H19NO2/c1-12(18)15-9-4-5-10-16(15)19-14-8-6-7-13(11-14)17(2)3/h4-12,18H,1-3H3. The normalized spacial score (nSPS) is 12.0. The van der Waals surface area contributed by atoms with E-state index >= 15 is 0 Å². The second-order valence-corrected chi connectivity index (χ2v) is 4.71. The molecule has 2 aromatic carbocycles. The smallest absolute Gasteiger partial charge is 0.133 e. The summed E-state index contributed by atoms with van der Waals surface area (Å²) >= 11 is 0. The van der Waals surface area contributed by atoms with Crippen molar-refractivity contribution in [2.24, 2.45) is 0 Å². The van der Waals surface area contributed by atoms with Gasteiger partial charge in [0.25, 0.3) is 0 Å². The van der Waals surface area contributed by atoms with Gasteiger partial charge >= 0.3 is 0 Å². The first kappa shape index (κ1) is 13.4. The second kappa shape index (κ2) is 5.76. The fraction of sp³-hybridized carbons (Fsp3) is 0.250. The maximum atomic E-state index is 9.74. The molecule has 1 N–H and O–H groups in total. The lowest BCUT2D eigenvalue weighted by molar-refractivity contribution is 0.195. The molecule has 2 aromatic rings. The van der Waals surface area contributed by atoms with Crippen molar-refractivity contribution >= 4 is 5.69 Å². The fourth-order valence-corrected chi connectivity index (χ4v) is 1.87. The van der Waals surface area contributed by atoms with Crippen LogP contribution in [-0.2, 0) is 0 Å². The van der Waals surface area contributed by atoms with Gasteiger partial charge in [-0.3, -0.25) is 0 Å². The summed E-state index contributed by atoms with van der Waals surface area (Å²) in [6.45, 7) is 1.73. The lowest BCUT2D eigenvalue weighted by Gasteiger charge is -2.16. The summed E-state index contributed by atoms with van der Waals surface area (Å²) < 4.78 is 5.87. The van der Waals surface area contributed by atoms with Crippen LogP contribution in [0.2, 0.25) is 0 Å². The Balaban J connectivity index is 2.29. The molecule has 2 rings (SSSR count). The highest BCUT2D eigenvalue weighted by atomic mass is 16.5. The first-order chi connectivity index (χ1) is 9.08. The Morgan fingerprint density at radius 2 is 1.79 bits per heavy atom. The average molecular weight is 257 g/mol. The van der Waals surface area contributed by atoms with Crippen molar-refractivity contribution in [1.82, 2.24) is 0 Å². The van der Waals surface area contributed by atoms with Gasteiger partial charge in [-0.2, -0.15) is 0 Å². The minimum absolute atomic E-state index is 0.548. The third kappa shape index (κ3) is 3.26. The number of nitrogens with zero attached hydrogens (tertiary/aromatic N) is 1. The van der Waals surface area contributed by atoms with Gasteiger partial charge in [0.2, 0.25) is 0 Å². The molecule has 100 valence electrons. The van der Waals surface area contributed by atoms with Crippen LogP contribution in [0.15, 0.2) is 48.5 Å². The van der Waals surface area contributed by atoms with Crippen molar-refractivity contribution in [1.29, 1.82) is 0 Å². The zero-order chi connectivity index (χ0) is 13.8. The quantitative estimate of drug-likeness (QED) is 0.908. The highest BCUT2D eigenvalue weighted by molar-refractivity contribution is 5.50. The first-order valence-corrected chi connectivity index (χ1v) is 6.30. The minimum Gasteiger partial charge on any atom is -0.457 e. The predicted molar refractivity (Wildman–Crippen MR) is 77.9 cm³/mol. The van der Waals surface area contributed by atoms with E-state index in [1.165, 1.54) is 0 Å². The van der Waals surface area contributed by atoms with Crippen molar-refractivity contribution < 1.29 is 9.84 Å². The lowest BCUT2D eigenvalue weighted by atomic mass is 10.1. The van der Waals surface area contributed by atoms with Crippen molar-refractivity contribution in [3.8, 4) is 11.5 Å². The minimum atomic E-state index is -0.548. The number of ether oxygens (including phenoxy) is 1. The molecule has 0 amide bonds. The molecule has 1 atom stereocenters. The summed E-state index contributed by atoms with van der Waals surface area (Å²) in [5, 5.41) is 9.74. The Hall–Kier alpha value is -2.00. The monoisotopic (exact) mass is 257 g/mol. The number of aliphatic hydroxyl groups excluding tert-OH is 1. The molecule has 0 radical (unpaired) electrons. The van der Waals surface area contributed by atoms with E-state index in [4.69, 9.17) is 4.74 Å². The molecule has 3 heteroatoms.